The number of hydrogen-bond acceptors (Lipinski definition) is 6. The van der Waals surface area contributed by atoms with Crippen molar-refractivity contribution in [3.63, 3.8) is 0 Å². The molecule has 0 atom stereocenters. The van der Waals surface area contributed by atoms with Gasteiger partial charge < -0.3 is 9.32 Å². The van der Waals surface area contributed by atoms with Gasteiger partial charge >= 0.3 is 0 Å². The molecule has 3 heterocycles. The van der Waals surface area contributed by atoms with E-state index in [2.05, 4.69) is 11.6 Å². The summed E-state index contributed by atoms with van der Waals surface area (Å²) < 4.78 is 32.7. The quantitative estimate of drug-likeness (QED) is 0.660. The Bertz CT molecular complexity index is 1060. The summed E-state index contributed by atoms with van der Waals surface area (Å²) in [5.74, 6) is 0.0713. The Kier molecular flexibility index (Phi) is 5.71. The number of allylic oxidation sites excluding steroid dienone is 1. The highest BCUT2D eigenvalue weighted by Crippen LogP contribution is 2.23. The molecule has 152 valence electrons. The minimum absolute atomic E-state index is 0.0982. The van der Waals surface area contributed by atoms with Gasteiger partial charge in [0.15, 0.2) is 0 Å². The molecule has 1 fully saturated rings. The number of hydrogen-bond donors (Lipinski definition) is 0. The Balaban J connectivity index is 1.89. The summed E-state index contributed by atoms with van der Waals surface area (Å²) in [6.07, 6.45) is 3.48. The maximum atomic E-state index is 13.1. The van der Waals surface area contributed by atoms with Crippen molar-refractivity contribution < 1.29 is 17.6 Å². The first-order chi connectivity index (χ1) is 13.3. The van der Waals surface area contributed by atoms with E-state index in [1.54, 1.807) is 17.9 Å². The Morgan fingerprint density at radius 1 is 1.32 bits per heavy atom. The molecule has 1 amide bonds. The monoisotopic (exact) mass is 408 g/mol. The van der Waals surface area contributed by atoms with Gasteiger partial charge in [-0.3, -0.25) is 14.2 Å². The fourth-order valence-electron chi connectivity index (χ4n) is 3.38. The summed E-state index contributed by atoms with van der Waals surface area (Å²) in [7, 11) is -3.29. The lowest BCUT2D eigenvalue weighted by Crippen LogP contribution is -2.51. The van der Waals surface area contributed by atoms with Gasteiger partial charge in [-0.2, -0.15) is 4.31 Å². The molecule has 0 aliphatic carbocycles. The third kappa shape index (κ3) is 3.61. The van der Waals surface area contributed by atoms with E-state index in [9.17, 15) is 18.0 Å². The number of nitrogens with zero attached hydrogens (tertiary/aromatic N) is 4. The number of piperazine rings is 1. The fourth-order valence-corrected chi connectivity index (χ4v) is 4.87. The van der Waals surface area contributed by atoms with Crippen molar-refractivity contribution in [2.24, 2.45) is 0 Å². The van der Waals surface area contributed by atoms with E-state index in [4.69, 9.17) is 4.42 Å². The summed E-state index contributed by atoms with van der Waals surface area (Å²) in [5, 5.41) is 0.146. The van der Waals surface area contributed by atoms with Gasteiger partial charge in [-0.25, -0.2) is 13.4 Å². The first kappa shape index (κ1) is 20.3. The van der Waals surface area contributed by atoms with Crippen LogP contribution in [0.3, 0.4) is 0 Å². The molecule has 0 unspecified atom stereocenters. The highest BCUT2D eigenvalue weighted by Gasteiger charge is 2.32. The Morgan fingerprint density at radius 2 is 2.00 bits per heavy atom. The van der Waals surface area contributed by atoms with E-state index < -0.39 is 10.0 Å². The first-order valence-electron chi connectivity index (χ1n) is 9.16. The second kappa shape index (κ2) is 7.88. The molecular weight excluding hydrogens is 384 g/mol. The van der Waals surface area contributed by atoms with Gasteiger partial charge in [-0.15, -0.1) is 6.58 Å². The number of fused-ring (bicyclic) bond motifs is 1. The predicted octanol–water partition coefficient (Wildman–Crippen LogP) is 0.982. The van der Waals surface area contributed by atoms with Crippen molar-refractivity contribution in [2.75, 3.05) is 31.9 Å². The highest BCUT2D eigenvalue weighted by atomic mass is 32.2. The summed E-state index contributed by atoms with van der Waals surface area (Å²) in [6.45, 7) is 8.31. The maximum absolute atomic E-state index is 13.1. The zero-order valence-corrected chi connectivity index (χ0v) is 16.9. The second-order valence-electron chi connectivity index (χ2n) is 6.71. The van der Waals surface area contributed by atoms with Crippen molar-refractivity contribution in [1.82, 2.24) is 18.8 Å². The molecule has 1 saturated heterocycles. The molecule has 0 saturated carbocycles. The fraction of sp³-hybridized carbons (Fsp3) is 0.500. The minimum atomic E-state index is -3.29. The third-order valence-corrected chi connectivity index (χ3v) is 6.85. The van der Waals surface area contributed by atoms with Gasteiger partial charge in [0, 0.05) is 32.7 Å². The van der Waals surface area contributed by atoms with Crippen LogP contribution in [0.2, 0.25) is 0 Å². The van der Waals surface area contributed by atoms with Crippen molar-refractivity contribution in [3.8, 4) is 0 Å². The van der Waals surface area contributed by atoms with Gasteiger partial charge in [-0.05, 0) is 13.3 Å². The first-order valence-corrected chi connectivity index (χ1v) is 10.8. The molecule has 0 spiro atoms. The van der Waals surface area contributed by atoms with Crippen molar-refractivity contribution in [3.05, 3.63) is 40.7 Å². The molecular formula is C18H24N4O5S. The number of sulfonamides is 1. The molecule has 1 aliphatic rings. The lowest BCUT2D eigenvalue weighted by atomic mass is 10.1. The normalized spacial score (nSPS) is 15.9. The standard InChI is InChI=1S/C18H24N4O5S/c1-4-6-21-12-19-16-15(18(21)24)14(13(3)27-16)17(23)20-7-9-22(10-8-20)28(25,26)11-5-2/h4,12H,1,5-11H2,2-3H3. The number of carbonyl (C=O) groups is 1. The number of carbonyl (C=O) groups excluding carboxylic acids is 1. The van der Waals surface area contributed by atoms with E-state index in [-0.39, 0.29) is 66.6 Å². The Hall–Kier alpha value is -2.46. The molecule has 10 heteroatoms. The number of rotatable bonds is 6. The van der Waals surface area contributed by atoms with E-state index in [0.717, 1.165) is 0 Å². The van der Waals surface area contributed by atoms with Crippen LogP contribution >= 0.6 is 0 Å². The van der Waals surface area contributed by atoms with Crippen LogP contribution in [0.1, 0.15) is 29.5 Å². The second-order valence-corrected chi connectivity index (χ2v) is 8.80. The smallest absolute Gasteiger partial charge is 0.265 e. The molecule has 9 nitrogen and oxygen atoms in total. The number of amides is 1. The number of furan rings is 1. The van der Waals surface area contributed by atoms with Crippen LogP contribution in [0.4, 0.5) is 0 Å². The lowest BCUT2D eigenvalue weighted by Gasteiger charge is -2.34. The van der Waals surface area contributed by atoms with E-state index >= 15 is 0 Å². The summed E-state index contributed by atoms with van der Waals surface area (Å²) in [4.78, 5) is 31.5. The molecule has 1 aliphatic heterocycles. The average Bonchev–Trinajstić information content (AvgIpc) is 3.00. The van der Waals surface area contributed by atoms with Gasteiger partial charge in [0.05, 0.1) is 11.3 Å². The highest BCUT2D eigenvalue weighted by molar-refractivity contribution is 7.89. The van der Waals surface area contributed by atoms with Crippen LogP contribution in [0.5, 0.6) is 0 Å². The van der Waals surface area contributed by atoms with Crippen LogP contribution in [0, 0.1) is 6.92 Å². The lowest BCUT2D eigenvalue weighted by molar-refractivity contribution is 0.0697. The maximum Gasteiger partial charge on any atom is 0.265 e. The Labute approximate surface area is 163 Å². The van der Waals surface area contributed by atoms with E-state index in [0.29, 0.717) is 12.2 Å². The Morgan fingerprint density at radius 3 is 2.61 bits per heavy atom. The minimum Gasteiger partial charge on any atom is -0.442 e. The van der Waals surface area contributed by atoms with E-state index in [1.807, 2.05) is 6.92 Å². The molecule has 0 aromatic carbocycles. The SMILES string of the molecule is C=CCn1cnc2oc(C)c(C(=O)N3CCN(S(=O)(=O)CCC)CC3)c2c1=O. The van der Waals surface area contributed by atoms with Crippen LogP contribution in [0.25, 0.3) is 11.1 Å². The zero-order valence-electron chi connectivity index (χ0n) is 16.0. The van der Waals surface area contributed by atoms with Gasteiger partial charge in [0.1, 0.15) is 17.5 Å². The largest absolute Gasteiger partial charge is 0.442 e. The average molecular weight is 408 g/mol. The number of aromatic nitrogens is 2. The van der Waals surface area contributed by atoms with Gasteiger partial charge in [0.25, 0.3) is 11.5 Å². The zero-order chi connectivity index (χ0) is 20.5. The number of aryl methyl sites for hydroxylation is 1. The van der Waals surface area contributed by atoms with Crippen molar-refractivity contribution >= 4 is 27.0 Å². The molecule has 0 radical (unpaired) electrons. The third-order valence-electron chi connectivity index (χ3n) is 4.78. The van der Waals surface area contributed by atoms with E-state index in [1.165, 1.54) is 15.2 Å². The molecule has 2 aromatic heterocycles. The van der Waals surface area contributed by atoms with Crippen LogP contribution in [-0.4, -0.2) is 65.0 Å². The molecule has 2 aromatic rings. The molecule has 3 rings (SSSR count). The van der Waals surface area contributed by atoms with Crippen molar-refractivity contribution in [1.29, 1.82) is 0 Å². The van der Waals surface area contributed by atoms with Gasteiger partial charge in [-0.1, -0.05) is 13.0 Å². The summed E-state index contributed by atoms with van der Waals surface area (Å²) in [6, 6.07) is 0. The molecule has 28 heavy (non-hydrogen) atoms. The summed E-state index contributed by atoms with van der Waals surface area (Å²) >= 11 is 0. The van der Waals surface area contributed by atoms with Crippen LogP contribution in [0.15, 0.2) is 28.2 Å². The van der Waals surface area contributed by atoms with Gasteiger partial charge in [0.2, 0.25) is 15.7 Å². The summed E-state index contributed by atoms with van der Waals surface area (Å²) in [5.41, 5.74) is -0.0552. The van der Waals surface area contributed by atoms with Crippen molar-refractivity contribution in [2.45, 2.75) is 26.8 Å². The van der Waals surface area contributed by atoms with Crippen LogP contribution < -0.4 is 5.56 Å². The topological polar surface area (TPSA) is 106 Å². The molecule has 0 bridgehead atoms. The predicted molar refractivity (Wildman–Crippen MR) is 105 cm³/mol. The molecule has 0 N–H and O–H groups in total. The van der Waals surface area contributed by atoms with Crippen LogP contribution in [-0.2, 0) is 16.6 Å².